The molecule has 0 heterocycles. The number of methoxy groups -OCH3 is 1. The molecule has 78 valence electrons. The Bertz CT molecular complexity index is 400. The molecule has 0 saturated heterocycles. The number of hydrogen-bond acceptors (Lipinski definition) is 3. The van der Waals surface area contributed by atoms with E-state index in [1.165, 1.54) is 26.5 Å². The van der Waals surface area contributed by atoms with E-state index in [1.807, 2.05) is 0 Å². The average molecular weight is 217 g/mol. The zero-order valence-electron chi connectivity index (χ0n) is 8.37. The first-order chi connectivity index (χ1) is 6.36. The Hall–Kier alpha value is -1.02. The molecular formula is C9H13FNO2P. The highest BCUT2D eigenvalue weighted by Gasteiger charge is 2.18. The molecule has 2 N–H and O–H groups in total. The zero-order valence-corrected chi connectivity index (χ0v) is 9.27. The van der Waals surface area contributed by atoms with Gasteiger partial charge in [0.05, 0.1) is 18.1 Å². The van der Waals surface area contributed by atoms with Crippen LogP contribution in [0.1, 0.15) is 0 Å². The number of benzene rings is 1. The molecule has 0 spiro atoms. The number of hydrogen-bond donors (Lipinski definition) is 1. The summed E-state index contributed by atoms with van der Waals surface area (Å²) in [7, 11) is -1.19. The third-order valence-corrected chi connectivity index (χ3v) is 3.38. The lowest BCUT2D eigenvalue weighted by Crippen LogP contribution is -2.10. The van der Waals surface area contributed by atoms with Crippen LogP contribution in [0.2, 0.25) is 0 Å². The molecule has 0 atom stereocenters. The molecule has 14 heavy (non-hydrogen) atoms. The molecule has 0 aliphatic rings. The molecule has 1 aromatic rings. The SMILES string of the molecule is COc1cc(P(C)(C)=O)c(F)cc1N. The van der Waals surface area contributed by atoms with E-state index in [0.29, 0.717) is 5.75 Å². The van der Waals surface area contributed by atoms with Gasteiger partial charge < -0.3 is 15.0 Å². The maximum absolute atomic E-state index is 13.4. The maximum atomic E-state index is 13.4. The van der Waals surface area contributed by atoms with Crippen LogP contribution >= 0.6 is 7.14 Å². The minimum atomic E-state index is -2.63. The summed E-state index contributed by atoms with van der Waals surface area (Å²) < 4.78 is 30.0. The Morgan fingerprint density at radius 3 is 2.43 bits per heavy atom. The van der Waals surface area contributed by atoms with Crippen LogP contribution in [-0.2, 0) is 4.57 Å². The highest BCUT2D eigenvalue weighted by Crippen LogP contribution is 2.38. The second kappa shape index (κ2) is 3.62. The minimum absolute atomic E-state index is 0.170. The largest absolute Gasteiger partial charge is 0.495 e. The topological polar surface area (TPSA) is 52.3 Å². The second-order valence-electron chi connectivity index (χ2n) is 3.40. The molecular weight excluding hydrogens is 204 g/mol. The van der Waals surface area contributed by atoms with E-state index in [-0.39, 0.29) is 11.0 Å². The van der Waals surface area contributed by atoms with Crippen LogP contribution in [0.25, 0.3) is 0 Å². The van der Waals surface area contributed by atoms with E-state index in [0.717, 1.165) is 6.07 Å². The lowest BCUT2D eigenvalue weighted by atomic mass is 10.3. The fraction of sp³-hybridized carbons (Fsp3) is 0.333. The summed E-state index contributed by atoms with van der Waals surface area (Å²) in [6, 6.07) is 2.53. The van der Waals surface area contributed by atoms with Crippen molar-refractivity contribution in [3.8, 4) is 5.75 Å². The zero-order chi connectivity index (χ0) is 10.9. The molecule has 0 fully saturated rings. The molecule has 0 unspecified atom stereocenters. The number of anilines is 1. The molecule has 3 nitrogen and oxygen atoms in total. The molecule has 0 aliphatic heterocycles. The predicted molar refractivity (Wildman–Crippen MR) is 56.5 cm³/mol. The summed E-state index contributed by atoms with van der Waals surface area (Å²) in [4.78, 5) is 0. The highest BCUT2D eigenvalue weighted by molar-refractivity contribution is 7.70. The summed E-state index contributed by atoms with van der Waals surface area (Å²) in [5.74, 6) is -0.193. The maximum Gasteiger partial charge on any atom is 0.142 e. The smallest absolute Gasteiger partial charge is 0.142 e. The van der Waals surface area contributed by atoms with Gasteiger partial charge in [-0.15, -0.1) is 0 Å². The number of ether oxygens (including phenoxy) is 1. The van der Waals surface area contributed by atoms with Crippen LogP contribution in [0.3, 0.4) is 0 Å². The number of nitrogen functional groups attached to an aromatic ring is 1. The number of nitrogens with two attached hydrogens (primary N) is 1. The van der Waals surface area contributed by atoms with Gasteiger partial charge in [0.1, 0.15) is 18.7 Å². The Morgan fingerprint density at radius 2 is 2.00 bits per heavy atom. The van der Waals surface area contributed by atoms with Gasteiger partial charge >= 0.3 is 0 Å². The van der Waals surface area contributed by atoms with Crippen molar-refractivity contribution in [3.63, 3.8) is 0 Å². The van der Waals surface area contributed by atoms with Gasteiger partial charge in [-0.1, -0.05) is 0 Å². The molecule has 0 aliphatic carbocycles. The first kappa shape index (κ1) is 11.1. The summed E-state index contributed by atoms with van der Waals surface area (Å²) in [5, 5.41) is 0.170. The Labute approximate surface area is 82.4 Å². The van der Waals surface area contributed by atoms with Gasteiger partial charge in [0.15, 0.2) is 0 Å². The van der Waals surface area contributed by atoms with E-state index >= 15 is 0 Å². The molecule has 0 radical (unpaired) electrons. The van der Waals surface area contributed by atoms with Gasteiger partial charge in [-0.25, -0.2) is 4.39 Å². The van der Waals surface area contributed by atoms with Gasteiger partial charge in [0, 0.05) is 6.07 Å². The van der Waals surface area contributed by atoms with Crippen LogP contribution in [0.15, 0.2) is 12.1 Å². The van der Waals surface area contributed by atoms with E-state index in [4.69, 9.17) is 10.5 Å². The van der Waals surface area contributed by atoms with Gasteiger partial charge in [0.25, 0.3) is 0 Å². The van der Waals surface area contributed by atoms with E-state index in [1.54, 1.807) is 0 Å². The standard InChI is InChI=1S/C9H13FNO2P/c1-13-8-5-9(14(2,3)12)6(10)4-7(8)11/h4-5H,11H2,1-3H3. The molecule has 0 aromatic heterocycles. The molecule has 1 rings (SSSR count). The van der Waals surface area contributed by atoms with Gasteiger partial charge in [0.2, 0.25) is 0 Å². The molecule has 0 saturated carbocycles. The highest BCUT2D eigenvalue weighted by atomic mass is 31.2. The summed E-state index contributed by atoms with van der Waals surface area (Å²) in [5.41, 5.74) is 5.70. The Kier molecular flexibility index (Phi) is 2.86. The average Bonchev–Trinajstić information content (AvgIpc) is 2.02. The summed E-state index contributed by atoms with van der Waals surface area (Å²) >= 11 is 0. The van der Waals surface area contributed by atoms with Crippen LogP contribution < -0.4 is 15.8 Å². The molecule has 5 heteroatoms. The predicted octanol–water partition coefficient (Wildman–Crippen LogP) is 1.66. The fourth-order valence-corrected chi connectivity index (χ4v) is 2.15. The molecule has 0 amide bonds. The van der Waals surface area contributed by atoms with Gasteiger partial charge in [-0.3, -0.25) is 0 Å². The first-order valence-corrected chi connectivity index (χ1v) is 6.65. The van der Waals surface area contributed by atoms with Crippen LogP contribution in [0.4, 0.5) is 10.1 Å². The van der Waals surface area contributed by atoms with E-state index in [9.17, 15) is 8.96 Å². The molecule has 1 aromatic carbocycles. The van der Waals surface area contributed by atoms with Crippen LogP contribution in [0, 0.1) is 5.82 Å². The monoisotopic (exact) mass is 217 g/mol. The quantitative estimate of drug-likeness (QED) is 0.605. The van der Waals surface area contributed by atoms with Gasteiger partial charge in [-0.2, -0.15) is 0 Å². The van der Waals surface area contributed by atoms with Crippen molar-refractivity contribution < 1.29 is 13.7 Å². The van der Waals surface area contributed by atoms with Crippen LogP contribution in [0.5, 0.6) is 5.75 Å². The third-order valence-electron chi connectivity index (χ3n) is 1.88. The first-order valence-electron chi connectivity index (χ1n) is 4.05. The van der Waals surface area contributed by atoms with Crippen molar-refractivity contribution in [1.29, 1.82) is 0 Å². The van der Waals surface area contributed by atoms with E-state index in [2.05, 4.69) is 0 Å². The minimum Gasteiger partial charge on any atom is -0.495 e. The van der Waals surface area contributed by atoms with Crippen molar-refractivity contribution in [2.75, 3.05) is 26.2 Å². The van der Waals surface area contributed by atoms with Crippen molar-refractivity contribution >= 4 is 18.1 Å². The number of rotatable bonds is 2. The van der Waals surface area contributed by atoms with E-state index < -0.39 is 13.0 Å². The second-order valence-corrected chi connectivity index (χ2v) is 6.58. The third kappa shape index (κ3) is 2.07. The molecule has 0 bridgehead atoms. The van der Waals surface area contributed by atoms with Gasteiger partial charge in [-0.05, 0) is 19.4 Å². The van der Waals surface area contributed by atoms with Crippen LogP contribution in [-0.4, -0.2) is 20.4 Å². The lowest BCUT2D eigenvalue weighted by Gasteiger charge is -2.11. The van der Waals surface area contributed by atoms with Crippen molar-refractivity contribution in [2.24, 2.45) is 0 Å². The van der Waals surface area contributed by atoms with Crippen molar-refractivity contribution in [3.05, 3.63) is 17.9 Å². The summed E-state index contributed by atoms with van der Waals surface area (Å²) in [6.07, 6.45) is 0. The van der Waals surface area contributed by atoms with Crippen molar-refractivity contribution in [1.82, 2.24) is 0 Å². The normalized spacial score (nSPS) is 11.4. The summed E-state index contributed by atoms with van der Waals surface area (Å²) in [6.45, 7) is 3.00. The lowest BCUT2D eigenvalue weighted by molar-refractivity contribution is 0.416. The Morgan fingerprint density at radius 1 is 1.43 bits per heavy atom. The van der Waals surface area contributed by atoms with Crippen molar-refractivity contribution in [2.45, 2.75) is 0 Å². The fourth-order valence-electron chi connectivity index (χ4n) is 1.15. The number of halogens is 1. The Balaban J connectivity index is 3.39.